The van der Waals surface area contributed by atoms with Crippen LogP contribution in [0.5, 0.6) is 5.75 Å². The lowest BCUT2D eigenvalue weighted by atomic mass is 10.3. The van der Waals surface area contributed by atoms with Gasteiger partial charge in [-0.05, 0) is 24.3 Å². The zero-order valence-electron chi connectivity index (χ0n) is 7.32. The van der Waals surface area contributed by atoms with Gasteiger partial charge in [0.25, 0.3) is 0 Å². The first-order chi connectivity index (χ1) is 6.64. The van der Waals surface area contributed by atoms with E-state index in [4.69, 9.17) is 17.0 Å². The van der Waals surface area contributed by atoms with Crippen LogP contribution >= 0.6 is 56.9 Å². The average molecular weight is 299 g/mol. The Balaban J connectivity index is 2.17. The molecule has 0 unspecified atom stereocenters. The topological polar surface area (TPSA) is 9.23 Å². The van der Waals surface area contributed by atoms with Gasteiger partial charge in [-0.25, -0.2) is 0 Å². The van der Waals surface area contributed by atoms with Gasteiger partial charge in [0, 0.05) is 12.2 Å². The number of rotatable bonds is 2. The van der Waals surface area contributed by atoms with Crippen molar-refractivity contribution in [2.75, 3.05) is 7.11 Å². The van der Waals surface area contributed by atoms with E-state index in [-0.39, 0.29) is 5.53 Å². The number of thiol groups is 2. The maximum Gasteiger partial charge on any atom is 0.232 e. The Morgan fingerprint density at radius 1 is 1.29 bits per heavy atom. The van der Waals surface area contributed by atoms with Crippen molar-refractivity contribution < 1.29 is 4.74 Å². The molecular weight excluding hydrogens is 290 g/mol. The molecule has 0 N–H and O–H groups in total. The van der Waals surface area contributed by atoms with Crippen molar-refractivity contribution >= 4 is 62.2 Å². The van der Waals surface area contributed by atoms with Gasteiger partial charge >= 0.3 is 0 Å². The summed E-state index contributed by atoms with van der Waals surface area (Å²) in [4.78, 5) is -1.26. The lowest BCUT2D eigenvalue weighted by Crippen LogP contribution is -2.02. The lowest BCUT2D eigenvalue weighted by Gasteiger charge is -2.27. The quantitative estimate of drug-likeness (QED) is 0.608. The molecule has 0 saturated carbocycles. The van der Waals surface area contributed by atoms with Crippen LogP contribution in [0.3, 0.4) is 0 Å². The first-order valence-corrected chi connectivity index (χ1v) is 13.3. The molecule has 7 heteroatoms. The third-order valence-electron chi connectivity index (χ3n) is 1.76. The van der Waals surface area contributed by atoms with Crippen molar-refractivity contribution in [2.45, 2.75) is 0 Å². The zero-order chi connectivity index (χ0) is 10.2. The normalized spacial score (nSPS) is 30.9. The van der Waals surface area contributed by atoms with Gasteiger partial charge in [0.15, 0.2) is 5.53 Å². The summed E-state index contributed by atoms with van der Waals surface area (Å²) in [5.41, 5.74) is -0.171. The van der Waals surface area contributed by atoms with E-state index in [1.807, 2.05) is 34.1 Å². The molecule has 0 amide bonds. The Kier molecular flexibility index (Phi) is 3.90. The van der Waals surface area contributed by atoms with Gasteiger partial charge in [0.05, 0.1) is 29.1 Å². The highest BCUT2D eigenvalue weighted by molar-refractivity contribution is 9.56. The molecule has 14 heavy (non-hydrogen) atoms. The average Bonchev–Trinajstić information content (AvgIpc) is 2.16. The monoisotopic (exact) mass is 299 g/mol. The van der Waals surface area contributed by atoms with Crippen molar-refractivity contribution in [3.63, 3.8) is 0 Å². The molecule has 2 rings (SSSR count). The predicted octanol–water partition coefficient (Wildman–Crippen LogP) is 4.65. The maximum absolute atomic E-state index is 5.12. The summed E-state index contributed by atoms with van der Waals surface area (Å²) in [5.74, 6) is 0.900. The molecule has 0 atom stereocenters. The van der Waals surface area contributed by atoms with Gasteiger partial charge in [-0.15, -0.1) is 12.2 Å². The second-order valence-electron chi connectivity index (χ2n) is 2.62. The number of hydrogen-bond donors (Lipinski definition) is 2. The summed E-state index contributed by atoms with van der Waals surface area (Å²) in [7, 11) is 1.68. The van der Waals surface area contributed by atoms with Crippen molar-refractivity contribution in [1.29, 1.82) is 0 Å². The highest BCUT2D eigenvalue weighted by atomic mass is 33.8. The minimum absolute atomic E-state index is 0.171. The van der Waals surface area contributed by atoms with Gasteiger partial charge in [-0.2, -0.15) is 0 Å². The second-order valence-corrected chi connectivity index (χ2v) is 22.0. The minimum atomic E-state index is -1.26. The molecule has 1 fully saturated rings. The van der Waals surface area contributed by atoms with Crippen molar-refractivity contribution in [1.82, 2.24) is 0 Å². The number of ether oxygens (including phenoxy) is 1. The molecule has 1 aromatic rings. The summed E-state index contributed by atoms with van der Waals surface area (Å²) < 4.78 is 5.12. The van der Waals surface area contributed by atoms with E-state index in [2.05, 4.69) is 24.4 Å². The van der Waals surface area contributed by atoms with E-state index in [1.165, 1.54) is 5.30 Å². The molecule has 0 radical (unpaired) electrons. The standard InChI is InChI=1S/C7H9OP2S4/c1-8-6-2-4-7(5-3-6)10(12)13-9(11)14-10/h2-5,11-12H,1H3/q+1. The molecule has 1 aliphatic rings. The highest BCUT2D eigenvalue weighted by Gasteiger charge is 2.55. The Hall–Kier alpha value is 1.28. The molecule has 0 spiro atoms. The van der Waals surface area contributed by atoms with E-state index in [0.29, 0.717) is 0 Å². The van der Waals surface area contributed by atoms with Crippen LogP contribution in [0.1, 0.15) is 0 Å². The molecule has 1 nitrogen and oxygen atoms in total. The van der Waals surface area contributed by atoms with E-state index in [0.717, 1.165) is 5.75 Å². The first kappa shape index (κ1) is 11.8. The molecule has 0 bridgehead atoms. The molecule has 76 valence electrons. The fourth-order valence-electron chi connectivity index (χ4n) is 1.06. The van der Waals surface area contributed by atoms with Crippen LogP contribution in [0.25, 0.3) is 0 Å². The number of benzene rings is 1. The molecule has 1 saturated heterocycles. The van der Waals surface area contributed by atoms with Crippen LogP contribution in [-0.4, -0.2) is 7.11 Å². The molecule has 1 aliphatic heterocycles. The molecule has 1 heterocycles. The summed E-state index contributed by atoms with van der Waals surface area (Å²) >= 11 is 13.0. The number of hydrogen-bond acceptors (Lipinski definition) is 5. The fourth-order valence-corrected chi connectivity index (χ4v) is 35.8. The van der Waals surface area contributed by atoms with Gasteiger partial charge in [0.2, 0.25) is 4.87 Å². The summed E-state index contributed by atoms with van der Waals surface area (Å²) in [5, 5.41) is 1.32. The van der Waals surface area contributed by atoms with Crippen molar-refractivity contribution in [3.05, 3.63) is 24.3 Å². The third kappa shape index (κ3) is 2.34. The van der Waals surface area contributed by atoms with E-state index in [1.54, 1.807) is 7.11 Å². The molecule has 0 aliphatic carbocycles. The third-order valence-corrected chi connectivity index (χ3v) is 29.1. The maximum atomic E-state index is 5.12. The fraction of sp³-hybridized carbons (Fsp3) is 0.143. The molecule has 0 aromatic heterocycles. The predicted molar refractivity (Wildman–Crippen MR) is 79.6 cm³/mol. The van der Waals surface area contributed by atoms with E-state index < -0.39 is 4.87 Å². The van der Waals surface area contributed by atoms with E-state index in [9.17, 15) is 0 Å². The van der Waals surface area contributed by atoms with Crippen LogP contribution < -0.4 is 10.0 Å². The van der Waals surface area contributed by atoms with Crippen LogP contribution in [0.15, 0.2) is 24.3 Å². The van der Waals surface area contributed by atoms with Gasteiger partial charge < -0.3 is 4.74 Å². The number of methoxy groups -OCH3 is 1. The largest absolute Gasteiger partial charge is 0.497 e. The van der Waals surface area contributed by atoms with Gasteiger partial charge in [-0.3, -0.25) is 0 Å². The Morgan fingerprint density at radius 2 is 1.86 bits per heavy atom. The Bertz CT molecular complexity index is 325. The summed E-state index contributed by atoms with van der Waals surface area (Å²) in [6.07, 6.45) is 0. The highest BCUT2D eigenvalue weighted by Crippen LogP contribution is 3.09. The minimum Gasteiger partial charge on any atom is -0.497 e. The van der Waals surface area contributed by atoms with Gasteiger partial charge in [-0.1, -0.05) is 0 Å². The Morgan fingerprint density at radius 3 is 2.29 bits per heavy atom. The zero-order valence-corrected chi connectivity index (χ0v) is 12.5. The molecular formula is C7H9OP2S4+. The second kappa shape index (κ2) is 4.65. The van der Waals surface area contributed by atoms with Crippen LogP contribution in [0.4, 0.5) is 0 Å². The van der Waals surface area contributed by atoms with E-state index >= 15 is 0 Å². The first-order valence-electron chi connectivity index (χ1n) is 3.79. The van der Waals surface area contributed by atoms with Crippen LogP contribution in [-0.2, 0) is 0 Å². The summed E-state index contributed by atoms with van der Waals surface area (Å²) in [6.45, 7) is 0. The van der Waals surface area contributed by atoms with Crippen molar-refractivity contribution in [3.8, 4) is 5.75 Å². The summed E-state index contributed by atoms with van der Waals surface area (Å²) in [6, 6.07) is 8.20. The van der Waals surface area contributed by atoms with Gasteiger partial charge in [0.1, 0.15) is 11.1 Å². The lowest BCUT2D eigenvalue weighted by molar-refractivity contribution is 0.415. The van der Waals surface area contributed by atoms with Crippen LogP contribution in [0.2, 0.25) is 0 Å². The van der Waals surface area contributed by atoms with Crippen molar-refractivity contribution in [2.24, 2.45) is 0 Å². The smallest absolute Gasteiger partial charge is 0.232 e. The Labute approximate surface area is 104 Å². The molecule has 1 aromatic carbocycles. The van der Waals surface area contributed by atoms with Crippen LogP contribution in [0, 0.1) is 0 Å². The SMILES string of the molecule is COc1ccc([P+]2(S)SP(S)S2)cc1.